The second kappa shape index (κ2) is 33.0. The lowest BCUT2D eigenvalue weighted by atomic mass is 9.86. The van der Waals surface area contributed by atoms with Crippen molar-refractivity contribution < 1.29 is 53.5 Å². The molecule has 0 spiro atoms. The predicted molar refractivity (Wildman–Crippen MR) is 504 cm³/mol. The van der Waals surface area contributed by atoms with Gasteiger partial charge in [0, 0.05) is 113 Å². The van der Waals surface area contributed by atoms with E-state index < -0.39 is 23.8 Å². The van der Waals surface area contributed by atoms with E-state index in [0.717, 1.165) is 147 Å². The number of furan rings is 4. The summed E-state index contributed by atoms with van der Waals surface area (Å²) in [7, 11) is 8.46. The predicted octanol–water partition coefficient (Wildman–Crippen LogP) is 27.4. The van der Waals surface area contributed by atoms with Gasteiger partial charge in [0.05, 0.1) is 22.3 Å². The minimum atomic E-state index is -0.535. The molecule has 12 aromatic heterocycles. The Hall–Kier alpha value is -13.1. The first-order valence-corrected chi connectivity index (χ1v) is 44.7. The first-order valence-electron chi connectivity index (χ1n) is 44.7. The second-order valence-electron chi connectivity index (χ2n) is 37.3. The standard InChI is InChI=1S/C29H28FN2O.C28H26FN2O.2C27H26FN2O/c1-17-14-23-22-12-13-26(30)31-29(22)33-28(23)27(18(17)2)25-16-20(15-19-8-4-5-9-19)21-10-6-7-11-24(21)32(25)3;1-16-14-22-20-12-13-25(29)30-28(20)32-27(22)26(17(16)2)24-15-21(18-8-4-5-9-18)19-10-6-7-11-23(19)31(24)3;1-16-9-10-19-20-12-14-23(28)29-26(20)31-25(19)24(16)22-13-11-18-17(15-27(2,3)4)7-6-8-21(18)30(22)5;1-15(2)12-18-14-23(30(5)22-9-7-6-8-19(18)22)25-17(4)16(3)13-21-20-10-11-24(28)29-27(20)31-26(21)25/h6-7,10-14,16,19H,4-5,8-9,15H2,1-3H3;6-7,10-15,18H,4-5,8-9H2,1-3H3;6-14H,15H2,1-5H3;6-11,13-15H,12H2,1-5H3/q4*+1. The highest BCUT2D eigenvalue weighted by Crippen LogP contribution is 2.47. The molecule has 127 heavy (non-hydrogen) atoms. The van der Waals surface area contributed by atoms with Crippen molar-refractivity contribution in [3.05, 3.63) is 285 Å². The molecule has 2 aliphatic carbocycles. The summed E-state index contributed by atoms with van der Waals surface area (Å²) in [6.07, 6.45) is 13.5. The molecule has 2 saturated carbocycles. The smallest absolute Gasteiger partial charge is 0.229 e. The van der Waals surface area contributed by atoms with Crippen LogP contribution in [0.25, 0.3) is 177 Å². The number of aryl methyl sites for hydroxylation is 8. The molecule has 0 amide bonds. The highest BCUT2D eigenvalue weighted by molar-refractivity contribution is 6.13. The van der Waals surface area contributed by atoms with E-state index in [1.807, 2.05) is 6.07 Å². The molecule has 12 nitrogen and oxygen atoms in total. The summed E-state index contributed by atoms with van der Waals surface area (Å²) >= 11 is 0. The van der Waals surface area contributed by atoms with Crippen LogP contribution in [0, 0.1) is 89.5 Å². The zero-order chi connectivity index (χ0) is 88.4. The van der Waals surface area contributed by atoms with Crippen LogP contribution in [0.5, 0.6) is 0 Å². The number of fused-ring (bicyclic) bond motifs is 16. The Morgan fingerprint density at radius 1 is 0.339 bits per heavy atom. The van der Waals surface area contributed by atoms with Crippen LogP contribution in [0.2, 0.25) is 0 Å². The molecule has 0 N–H and O–H groups in total. The molecule has 20 aromatic rings. The van der Waals surface area contributed by atoms with E-state index >= 15 is 0 Å². The number of para-hydroxylation sites is 3. The van der Waals surface area contributed by atoms with Gasteiger partial charge in [-0.25, -0.2) is 0 Å². The molecular formula is C111H106F4N8O4+4. The summed E-state index contributed by atoms with van der Waals surface area (Å²) in [4.78, 5) is 16.0. The van der Waals surface area contributed by atoms with Gasteiger partial charge in [-0.15, -0.1) is 0 Å². The third kappa shape index (κ3) is 15.1. The van der Waals surface area contributed by atoms with Gasteiger partial charge in [-0.05, 0) is 256 Å². The largest absolute Gasteiger partial charge is 0.437 e. The van der Waals surface area contributed by atoms with Crippen molar-refractivity contribution in [3.8, 4) is 45.0 Å². The van der Waals surface area contributed by atoms with Crippen molar-refractivity contribution in [3.63, 3.8) is 0 Å². The molecule has 0 atom stereocenters. The van der Waals surface area contributed by atoms with Gasteiger partial charge in [-0.1, -0.05) is 134 Å². The number of nitrogens with zero attached hydrogens (tertiary/aromatic N) is 8. The van der Waals surface area contributed by atoms with Crippen LogP contribution in [-0.2, 0) is 47.5 Å². The summed E-state index contributed by atoms with van der Waals surface area (Å²) in [6.45, 7) is 26.2. The second-order valence-corrected chi connectivity index (χ2v) is 37.3. The van der Waals surface area contributed by atoms with Crippen molar-refractivity contribution in [1.82, 2.24) is 19.9 Å². The van der Waals surface area contributed by atoms with Crippen LogP contribution >= 0.6 is 0 Å². The normalized spacial score (nSPS) is 13.5. The van der Waals surface area contributed by atoms with Crippen LogP contribution in [0.1, 0.15) is 153 Å². The number of pyridine rings is 8. The molecule has 0 unspecified atom stereocenters. The van der Waals surface area contributed by atoms with Gasteiger partial charge in [0.15, 0.2) is 22.3 Å². The van der Waals surface area contributed by atoms with Gasteiger partial charge in [-0.3, -0.25) is 0 Å². The maximum absolute atomic E-state index is 13.9. The number of hydrogen-bond acceptors (Lipinski definition) is 8. The van der Waals surface area contributed by atoms with Crippen molar-refractivity contribution in [1.29, 1.82) is 0 Å². The average Bonchev–Trinajstić information content (AvgIpc) is 1.61. The van der Waals surface area contributed by atoms with Crippen LogP contribution < -0.4 is 18.3 Å². The molecule has 16 heteroatoms. The van der Waals surface area contributed by atoms with E-state index in [1.54, 1.807) is 24.3 Å². The van der Waals surface area contributed by atoms with Gasteiger partial charge in [0.1, 0.15) is 28.2 Å². The Morgan fingerprint density at radius 2 is 0.693 bits per heavy atom. The summed E-state index contributed by atoms with van der Waals surface area (Å²) in [5.41, 5.74) is 31.8. The molecule has 0 radical (unpaired) electrons. The van der Waals surface area contributed by atoms with Crippen LogP contribution in [0.15, 0.2) is 218 Å². The van der Waals surface area contributed by atoms with E-state index in [1.165, 1.54) is 169 Å². The number of hydrogen-bond donors (Lipinski definition) is 0. The topological polar surface area (TPSA) is 120 Å². The van der Waals surface area contributed by atoms with E-state index in [2.05, 4.69) is 295 Å². The first kappa shape index (κ1) is 83.5. The summed E-state index contributed by atoms with van der Waals surface area (Å²) in [5.74, 6) is -0.221. The van der Waals surface area contributed by atoms with E-state index in [-0.39, 0.29) is 5.41 Å². The summed E-state index contributed by atoms with van der Waals surface area (Å²) in [6, 6.07) is 67.0. The summed E-state index contributed by atoms with van der Waals surface area (Å²) in [5, 5.41) is 12.5. The molecule has 12 heterocycles. The number of benzene rings is 8. The molecule has 2 aliphatic rings. The Labute approximate surface area is 736 Å². The molecule has 22 rings (SSSR count). The highest BCUT2D eigenvalue weighted by Gasteiger charge is 2.34. The fourth-order valence-corrected chi connectivity index (χ4v) is 20.6. The number of halogens is 4. The molecular weight excluding hydrogens is 1590 g/mol. The SMILES string of the molecule is Cc1cc2c(oc3nc(F)ccc32)c(-c2cc(C3CCCC3)c3ccccc3[n+]2C)c1C.Cc1cc2c(oc3nc(F)ccc32)c(-c2cc(CC(C)C)c3ccccc3[n+]2C)c1C.Cc1cc2c(oc3nc(F)ccc32)c(-c2cc(CC3CCCC3)c3ccccc3[n+]2C)c1C.Cc1ccc2c(oc3nc(F)ccc32)c1-c1ccc2c(CC(C)(C)C)cccc2[n+]1C. The molecule has 638 valence electrons. The van der Waals surface area contributed by atoms with Gasteiger partial charge >= 0.3 is 0 Å². The van der Waals surface area contributed by atoms with Crippen LogP contribution in [0.3, 0.4) is 0 Å². The van der Waals surface area contributed by atoms with E-state index in [0.29, 0.717) is 34.7 Å². The quantitative estimate of drug-likeness (QED) is 0.0754. The lowest BCUT2D eigenvalue weighted by Gasteiger charge is -2.19. The average molecular weight is 1690 g/mol. The van der Waals surface area contributed by atoms with E-state index in [4.69, 9.17) is 17.7 Å². The third-order valence-corrected chi connectivity index (χ3v) is 27.3. The Bertz CT molecular complexity index is 7870. The Balaban J connectivity index is 0.000000110. The molecule has 0 saturated heterocycles. The molecule has 0 aliphatic heterocycles. The van der Waals surface area contributed by atoms with Gasteiger partial charge in [-0.2, -0.15) is 55.8 Å². The first-order chi connectivity index (χ1) is 61.1. The lowest BCUT2D eigenvalue weighted by molar-refractivity contribution is -0.633. The minimum absolute atomic E-state index is 0.213. The van der Waals surface area contributed by atoms with Gasteiger partial charge in [0.2, 0.25) is 91.5 Å². The summed E-state index contributed by atoms with van der Waals surface area (Å²) < 4.78 is 88.9. The Morgan fingerprint density at radius 3 is 1.14 bits per heavy atom. The van der Waals surface area contributed by atoms with Crippen molar-refractivity contribution in [2.75, 3.05) is 0 Å². The fourth-order valence-electron chi connectivity index (χ4n) is 20.6. The van der Waals surface area contributed by atoms with Gasteiger partial charge in [0.25, 0.3) is 0 Å². The lowest BCUT2D eigenvalue weighted by Crippen LogP contribution is -2.33. The van der Waals surface area contributed by atoms with Crippen molar-refractivity contribution in [2.45, 2.75) is 160 Å². The minimum Gasteiger partial charge on any atom is -0.437 e. The molecule has 8 aromatic carbocycles. The highest BCUT2D eigenvalue weighted by atomic mass is 19.1. The van der Waals surface area contributed by atoms with Gasteiger partial charge < -0.3 is 17.7 Å². The zero-order valence-electron chi connectivity index (χ0n) is 75.3. The maximum atomic E-state index is 13.9. The molecule has 0 bridgehead atoms. The maximum Gasteiger partial charge on any atom is 0.229 e. The zero-order valence-corrected chi connectivity index (χ0v) is 75.3. The third-order valence-electron chi connectivity index (χ3n) is 27.3. The number of rotatable bonds is 10. The monoisotopic (exact) mass is 1690 g/mol. The van der Waals surface area contributed by atoms with E-state index in [9.17, 15) is 17.6 Å². The van der Waals surface area contributed by atoms with Crippen LogP contribution in [0.4, 0.5) is 17.6 Å². The van der Waals surface area contributed by atoms with Crippen molar-refractivity contribution in [2.24, 2.45) is 45.4 Å². The van der Waals surface area contributed by atoms with Crippen LogP contribution in [-0.4, -0.2) is 19.9 Å². The van der Waals surface area contributed by atoms with Crippen molar-refractivity contribution >= 4 is 132 Å². The fraction of sp³-hybridized carbons (Fsp3) is 0.279. The Kier molecular flexibility index (Phi) is 21.7. The number of aromatic nitrogens is 8. The molecule has 2 fully saturated rings.